The molecule has 2 aliphatic rings. The van der Waals surface area contributed by atoms with Gasteiger partial charge >= 0.3 is 0 Å². The number of fused-ring (bicyclic) bond motifs is 2. The van der Waals surface area contributed by atoms with E-state index in [-0.39, 0.29) is 68.3 Å². The van der Waals surface area contributed by atoms with E-state index >= 15 is 0 Å². The summed E-state index contributed by atoms with van der Waals surface area (Å²) in [4.78, 5) is 60.8. The quantitative estimate of drug-likeness (QED) is 0.338. The summed E-state index contributed by atoms with van der Waals surface area (Å²) in [6, 6.07) is 21.6. The standard InChI is InChI=1S/C38H45ClN4O6/c1-26(28-10-5-4-6-11-28)43-25-37(46)42(22-27-9-7-13-31(39)19-27)24-36(45)41(18-17-29-21-33(48-2)15-16-34(29)49-3)23-35(44)40-32-14-8-12-30(20-32)38(43)47/h4-7,9-11,13,15-16,19,21,26,30,32H,8,12,14,17-18,20,22-25H2,1-3H3,(H,40,44)/t26-,30+,32+/m0/s1. The highest BCUT2D eigenvalue weighted by Crippen LogP contribution is 2.31. The molecule has 0 unspecified atom stereocenters. The summed E-state index contributed by atoms with van der Waals surface area (Å²) in [6.45, 7) is 1.56. The highest BCUT2D eigenvalue weighted by Gasteiger charge is 2.36. The topological polar surface area (TPSA) is 108 Å². The summed E-state index contributed by atoms with van der Waals surface area (Å²) in [7, 11) is 3.16. The lowest BCUT2D eigenvalue weighted by Crippen LogP contribution is -2.53. The highest BCUT2D eigenvalue weighted by molar-refractivity contribution is 6.30. The normalized spacial score (nSPS) is 20.0. The molecule has 260 valence electrons. The van der Waals surface area contributed by atoms with Crippen molar-refractivity contribution >= 4 is 35.2 Å². The molecule has 1 heterocycles. The van der Waals surface area contributed by atoms with Crippen LogP contribution in [0.2, 0.25) is 5.02 Å². The minimum Gasteiger partial charge on any atom is -0.497 e. The van der Waals surface area contributed by atoms with E-state index in [1.807, 2.05) is 49.4 Å². The van der Waals surface area contributed by atoms with Gasteiger partial charge in [0.25, 0.3) is 0 Å². The fourth-order valence-corrected chi connectivity index (χ4v) is 6.98. The van der Waals surface area contributed by atoms with Crippen LogP contribution in [-0.2, 0) is 32.1 Å². The average molecular weight is 689 g/mol. The van der Waals surface area contributed by atoms with Gasteiger partial charge in [0.05, 0.1) is 26.8 Å². The molecule has 0 radical (unpaired) electrons. The Hall–Kier alpha value is -4.57. The molecule has 1 N–H and O–H groups in total. The number of benzene rings is 3. The molecule has 3 aromatic carbocycles. The molecule has 3 aromatic rings. The van der Waals surface area contributed by atoms with Crippen LogP contribution in [0.1, 0.15) is 55.3 Å². The van der Waals surface area contributed by atoms with E-state index in [0.29, 0.717) is 35.8 Å². The molecule has 0 aromatic heterocycles. The molecule has 49 heavy (non-hydrogen) atoms. The van der Waals surface area contributed by atoms with Crippen molar-refractivity contribution in [2.24, 2.45) is 5.92 Å². The van der Waals surface area contributed by atoms with Gasteiger partial charge in [0.1, 0.15) is 24.6 Å². The van der Waals surface area contributed by atoms with Crippen molar-refractivity contribution in [3.8, 4) is 11.5 Å². The molecule has 2 bridgehead atoms. The molecule has 1 saturated heterocycles. The SMILES string of the molecule is COc1ccc(OC)c(CCN2CC(=O)N[C@@H]3CCC[C@H](C3)C(=O)N([C@@H](C)c3ccccc3)CC(=O)N(Cc3cccc(Cl)c3)CC2=O)c1. The first-order valence-corrected chi connectivity index (χ1v) is 17.2. The van der Waals surface area contributed by atoms with Gasteiger partial charge in [0, 0.05) is 30.1 Å². The van der Waals surface area contributed by atoms with E-state index < -0.39 is 6.04 Å². The number of hydrogen-bond acceptors (Lipinski definition) is 6. The minimum atomic E-state index is -0.390. The smallest absolute Gasteiger partial charge is 0.242 e. The molecule has 11 heteroatoms. The third kappa shape index (κ3) is 9.32. The Morgan fingerprint density at radius 1 is 0.857 bits per heavy atom. The van der Waals surface area contributed by atoms with E-state index in [9.17, 15) is 19.2 Å². The van der Waals surface area contributed by atoms with Crippen LogP contribution in [0.25, 0.3) is 0 Å². The monoisotopic (exact) mass is 688 g/mol. The van der Waals surface area contributed by atoms with Crippen LogP contribution in [0.4, 0.5) is 0 Å². The second-order valence-electron chi connectivity index (χ2n) is 12.8. The molecule has 4 amide bonds. The van der Waals surface area contributed by atoms with Crippen LogP contribution in [0, 0.1) is 5.92 Å². The van der Waals surface area contributed by atoms with Crippen LogP contribution in [-0.4, -0.2) is 84.8 Å². The molecular weight excluding hydrogens is 644 g/mol. The van der Waals surface area contributed by atoms with E-state index in [1.54, 1.807) is 49.5 Å². The maximum absolute atomic E-state index is 14.3. The summed E-state index contributed by atoms with van der Waals surface area (Å²) >= 11 is 6.30. The number of nitrogens with zero attached hydrogens (tertiary/aromatic N) is 3. The fourth-order valence-electron chi connectivity index (χ4n) is 6.77. The molecule has 1 saturated carbocycles. The zero-order valence-electron chi connectivity index (χ0n) is 28.4. The van der Waals surface area contributed by atoms with Crippen LogP contribution in [0.3, 0.4) is 0 Å². The minimum absolute atomic E-state index is 0.0993. The van der Waals surface area contributed by atoms with Gasteiger partial charge in [0.15, 0.2) is 0 Å². The van der Waals surface area contributed by atoms with Crippen molar-refractivity contribution in [3.05, 3.63) is 94.5 Å². The van der Waals surface area contributed by atoms with Crippen LogP contribution in [0.15, 0.2) is 72.8 Å². The Bertz CT molecular complexity index is 1640. The van der Waals surface area contributed by atoms with E-state index in [0.717, 1.165) is 29.5 Å². The van der Waals surface area contributed by atoms with Gasteiger partial charge < -0.3 is 29.5 Å². The van der Waals surface area contributed by atoms with Gasteiger partial charge in [-0.1, -0.05) is 60.5 Å². The number of halogens is 1. The number of methoxy groups -OCH3 is 2. The maximum Gasteiger partial charge on any atom is 0.242 e. The summed E-state index contributed by atoms with van der Waals surface area (Å²) in [5.41, 5.74) is 2.46. The molecule has 1 aliphatic heterocycles. The molecule has 1 aliphatic carbocycles. The predicted molar refractivity (Wildman–Crippen MR) is 187 cm³/mol. The lowest BCUT2D eigenvalue weighted by Gasteiger charge is -2.38. The Balaban J connectivity index is 1.49. The predicted octanol–water partition coefficient (Wildman–Crippen LogP) is 5.04. The lowest BCUT2D eigenvalue weighted by molar-refractivity contribution is -0.149. The number of hydrogen-bond donors (Lipinski definition) is 1. The van der Waals surface area contributed by atoms with E-state index in [4.69, 9.17) is 21.1 Å². The molecule has 3 atom stereocenters. The van der Waals surface area contributed by atoms with E-state index in [2.05, 4.69) is 5.32 Å². The fraction of sp³-hybridized carbons (Fsp3) is 0.421. The van der Waals surface area contributed by atoms with Gasteiger partial charge in [0.2, 0.25) is 23.6 Å². The Morgan fingerprint density at radius 2 is 1.63 bits per heavy atom. The van der Waals surface area contributed by atoms with Crippen LogP contribution >= 0.6 is 11.6 Å². The highest BCUT2D eigenvalue weighted by atomic mass is 35.5. The maximum atomic E-state index is 14.3. The zero-order valence-corrected chi connectivity index (χ0v) is 29.2. The number of rotatable bonds is 9. The first-order chi connectivity index (χ1) is 23.6. The van der Waals surface area contributed by atoms with Gasteiger partial charge in [-0.25, -0.2) is 0 Å². The zero-order chi connectivity index (χ0) is 34.9. The largest absolute Gasteiger partial charge is 0.497 e. The summed E-state index contributed by atoms with van der Waals surface area (Å²) < 4.78 is 11.0. The van der Waals surface area contributed by atoms with Crippen molar-refractivity contribution < 1.29 is 28.7 Å². The van der Waals surface area contributed by atoms with Gasteiger partial charge in [-0.2, -0.15) is 0 Å². The number of amides is 4. The molecular formula is C38H45ClN4O6. The van der Waals surface area contributed by atoms with Crippen molar-refractivity contribution in [1.82, 2.24) is 20.0 Å². The number of nitrogens with one attached hydrogen (secondary N) is 1. The summed E-state index contributed by atoms with van der Waals surface area (Å²) in [5, 5.41) is 3.62. The first-order valence-electron chi connectivity index (χ1n) is 16.8. The van der Waals surface area contributed by atoms with Crippen LogP contribution in [0.5, 0.6) is 11.5 Å². The van der Waals surface area contributed by atoms with Gasteiger partial charge in [-0.15, -0.1) is 0 Å². The number of ether oxygens (including phenoxy) is 2. The Morgan fingerprint density at radius 3 is 2.37 bits per heavy atom. The van der Waals surface area contributed by atoms with Crippen LogP contribution < -0.4 is 14.8 Å². The molecule has 5 rings (SSSR count). The van der Waals surface area contributed by atoms with Crippen molar-refractivity contribution in [3.63, 3.8) is 0 Å². The van der Waals surface area contributed by atoms with Crippen molar-refractivity contribution in [2.75, 3.05) is 40.4 Å². The summed E-state index contributed by atoms with van der Waals surface area (Å²) in [6.07, 6.45) is 3.05. The Labute approximate surface area is 293 Å². The van der Waals surface area contributed by atoms with E-state index in [1.165, 1.54) is 9.80 Å². The number of carbonyl (C=O) groups excluding carboxylic acids is 4. The van der Waals surface area contributed by atoms with Gasteiger partial charge in [-0.3, -0.25) is 19.2 Å². The molecule has 10 nitrogen and oxygen atoms in total. The lowest BCUT2D eigenvalue weighted by atomic mass is 9.84. The second-order valence-corrected chi connectivity index (χ2v) is 13.2. The van der Waals surface area contributed by atoms with Crippen molar-refractivity contribution in [1.29, 1.82) is 0 Å². The molecule has 0 spiro atoms. The second kappa shape index (κ2) is 16.7. The Kier molecular flexibility index (Phi) is 12.2. The number of carbonyl (C=O) groups is 4. The molecule has 2 fully saturated rings. The first kappa shape index (κ1) is 35.7. The van der Waals surface area contributed by atoms with Crippen molar-refractivity contribution in [2.45, 2.75) is 57.7 Å². The third-order valence-corrected chi connectivity index (χ3v) is 9.73. The average Bonchev–Trinajstić information content (AvgIpc) is 3.11. The van der Waals surface area contributed by atoms with Gasteiger partial charge in [-0.05, 0) is 79.6 Å². The third-order valence-electron chi connectivity index (χ3n) is 9.49. The summed E-state index contributed by atoms with van der Waals surface area (Å²) in [5.74, 6) is -0.238.